The van der Waals surface area contributed by atoms with Crippen molar-refractivity contribution in [1.29, 1.82) is 0 Å². The van der Waals surface area contributed by atoms with Crippen molar-refractivity contribution in [3.63, 3.8) is 0 Å². The number of thiophene rings is 1. The van der Waals surface area contributed by atoms with Gasteiger partial charge >= 0.3 is 0 Å². The highest BCUT2D eigenvalue weighted by Gasteiger charge is 2.25. The standard InChI is InChI=1S/C23H26N4O2S/c28-22(26-11-9-25(10-12-26)15-17-7-13-30-16-17)18-5-6-19-20(14-18)24-21-4-2-1-3-8-27(21)23(19)29/h5-7,13-14,16H,1-4,8-12,15H2/p+1. The Morgan fingerprint density at radius 2 is 1.97 bits per heavy atom. The van der Waals surface area contributed by atoms with Gasteiger partial charge in [-0.25, -0.2) is 4.98 Å². The van der Waals surface area contributed by atoms with Crippen LogP contribution in [0.5, 0.6) is 0 Å². The van der Waals surface area contributed by atoms with Crippen LogP contribution in [-0.2, 0) is 19.5 Å². The Kier molecular flexibility index (Phi) is 5.39. The van der Waals surface area contributed by atoms with E-state index >= 15 is 0 Å². The van der Waals surface area contributed by atoms with E-state index in [1.54, 1.807) is 23.5 Å². The second-order valence-electron chi connectivity index (χ2n) is 8.38. The molecule has 0 bridgehead atoms. The van der Waals surface area contributed by atoms with Crippen LogP contribution in [0.2, 0.25) is 0 Å². The maximum Gasteiger partial charge on any atom is 0.261 e. The van der Waals surface area contributed by atoms with Gasteiger partial charge in [-0.1, -0.05) is 6.42 Å². The summed E-state index contributed by atoms with van der Waals surface area (Å²) in [6.07, 6.45) is 4.05. The van der Waals surface area contributed by atoms with E-state index in [0.29, 0.717) is 16.5 Å². The van der Waals surface area contributed by atoms with Crippen LogP contribution in [0.1, 0.15) is 41.0 Å². The summed E-state index contributed by atoms with van der Waals surface area (Å²) in [5.74, 6) is 0.906. The van der Waals surface area contributed by atoms with E-state index in [4.69, 9.17) is 4.98 Å². The minimum atomic E-state index is 0.0292. The molecule has 5 rings (SSSR count). The number of piperazine rings is 1. The lowest BCUT2D eigenvalue weighted by atomic mass is 10.1. The zero-order valence-corrected chi connectivity index (χ0v) is 17.9. The Hall–Kier alpha value is -2.51. The molecule has 7 heteroatoms. The number of hydrogen-bond donors (Lipinski definition) is 1. The van der Waals surface area contributed by atoms with Crippen LogP contribution in [0.25, 0.3) is 10.9 Å². The largest absolute Gasteiger partial charge is 0.328 e. The van der Waals surface area contributed by atoms with Crippen LogP contribution in [0.3, 0.4) is 0 Å². The number of quaternary nitrogens is 1. The number of nitrogens with zero attached hydrogens (tertiary/aromatic N) is 3. The molecule has 1 N–H and O–H groups in total. The molecule has 1 amide bonds. The normalized spacial score (nSPS) is 17.7. The molecule has 0 saturated carbocycles. The molecule has 2 aliphatic rings. The van der Waals surface area contributed by atoms with Gasteiger partial charge in [0.15, 0.2) is 0 Å². The highest BCUT2D eigenvalue weighted by atomic mass is 32.1. The van der Waals surface area contributed by atoms with Gasteiger partial charge in [0.1, 0.15) is 12.4 Å². The van der Waals surface area contributed by atoms with E-state index in [9.17, 15) is 9.59 Å². The molecular formula is C23H27N4O2S+. The van der Waals surface area contributed by atoms with Crippen molar-refractivity contribution < 1.29 is 9.69 Å². The zero-order valence-electron chi connectivity index (χ0n) is 17.1. The van der Waals surface area contributed by atoms with Gasteiger partial charge in [-0.2, -0.15) is 11.3 Å². The molecule has 0 aliphatic carbocycles. The first-order valence-electron chi connectivity index (χ1n) is 10.9. The number of aromatic nitrogens is 2. The molecule has 2 aromatic heterocycles. The van der Waals surface area contributed by atoms with Crippen molar-refractivity contribution in [1.82, 2.24) is 14.5 Å². The third-order valence-corrected chi connectivity index (χ3v) is 7.09. The SMILES string of the molecule is O=C(c1ccc2c(=O)n3c(nc2c1)CCCCC3)N1CC[NH+](Cc2ccsc2)CC1. The number of hydrogen-bond acceptors (Lipinski definition) is 4. The van der Waals surface area contributed by atoms with Crippen LogP contribution in [0.15, 0.2) is 39.8 Å². The summed E-state index contributed by atoms with van der Waals surface area (Å²) in [6, 6.07) is 7.58. The Balaban J connectivity index is 1.33. The predicted octanol–water partition coefficient (Wildman–Crippen LogP) is 1.73. The van der Waals surface area contributed by atoms with Gasteiger partial charge in [-0.05, 0) is 47.9 Å². The Morgan fingerprint density at radius 3 is 2.77 bits per heavy atom. The average Bonchev–Trinajstić information content (AvgIpc) is 3.16. The number of carbonyl (C=O) groups is 1. The first kappa shape index (κ1) is 19.5. The molecule has 1 aromatic carbocycles. The summed E-state index contributed by atoms with van der Waals surface area (Å²) in [6.45, 7) is 5.22. The van der Waals surface area contributed by atoms with Crippen molar-refractivity contribution in [3.8, 4) is 0 Å². The molecular weight excluding hydrogens is 396 g/mol. The molecule has 156 valence electrons. The summed E-state index contributed by atoms with van der Waals surface area (Å²) in [7, 11) is 0. The fourth-order valence-electron chi connectivity index (χ4n) is 4.62. The van der Waals surface area contributed by atoms with Crippen LogP contribution >= 0.6 is 11.3 Å². The van der Waals surface area contributed by atoms with Gasteiger partial charge in [-0.15, -0.1) is 0 Å². The number of fused-ring (bicyclic) bond motifs is 2. The highest BCUT2D eigenvalue weighted by molar-refractivity contribution is 7.07. The highest BCUT2D eigenvalue weighted by Crippen LogP contribution is 2.17. The molecule has 6 nitrogen and oxygen atoms in total. The zero-order chi connectivity index (χ0) is 20.5. The fraction of sp³-hybridized carbons (Fsp3) is 0.435. The van der Waals surface area contributed by atoms with E-state index < -0.39 is 0 Å². The number of nitrogens with one attached hydrogen (secondary N) is 1. The summed E-state index contributed by atoms with van der Waals surface area (Å²) in [4.78, 5) is 34.2. The number of benzene rings is 1. The predicted molar refractivity (Wildman–Crippen MR) is 118 cm³/mol. The molecule has 1 saturated heterocycles. The van der Waals surface area contributed by atoms with Crippen molar-refractivity contribution in [2.75, 3.05) is 26.2 Å². The van der Waals surface area contributed by atoms with Crippen LogP contribution in [0, 0.1) is 0 Å². The maximum absolute atomic E-state index is 13.1. The summed E-state index contributed by atoms with van der Waals surface area (Å²) in [5.41, 5.74) is 2.69. The third-order valence-electron chi connectivity index (χ3n) is 6.36. The van der Waals surface area contributed by atoms with Crippen LogP contribution in [-0.4, -0.2) is 46.5 Å². The Morgan fingerprint density at radius 1 is 1.10 bits per heavy atom. The molecule has 30 heavy (non-hydrogen) atoms. The van der Waals surface area contributed by atoms with Gasteiger partial charge in [0.05, 0.1) is 37.1 Å². The van der Waals surface area contributed by atoms with E-state index in [1.807, 2.05) is 15.5 Å². The topological polar surface area (TPSA) is 59.6 Å². The van der Waals surface area contributed by atoms with Gasteiger partial charge in [0.2, 0.25) is 0 Å². The van der Waals surface area contributed by atoms with Crippen molar-refractivity contribution in [2.24, 2.45) is 0 Å². The summed E-state index contributed by atoms with van der Waals surface area (Å²) < 4.78 is 1.83. The molecule has 0 atom stereocenters. The molecule has 3 aromatic rings. The van der Waals surface area contributed by atoms with Gasteiger partial charge in [0, 0.05) is 24.1 Å². The second kappa shape index (κ2) is 8.32. The first-order valence-corrected chi connectivity index (χ1v) is 11.8. The van der Waals surface area contributed by atoms with Gasteiger partial charge in [0.25, 0.3) is 11.5 Å². The lowest BCUT2D eigenvalue weighted by Crippen LogP contribution is -3.13. The minimum absolute atomic E-state index is 0.0292. The Bertz CT molecular complexity index is 1110. The molecule has 2 aliphatic heterocycles. The van der Waals surface area contributed by atoms with Crippen LogP contribution in [0.4, 0.5) is 0 Å². The fourth-order valence-corrected chi connectivity index (χ4v) is 5.29. The number of amides is 1. The third kappa shape index (κ3) is 3.79. The van der Waals surface area contributed by atoms with Crippen molar-refractivity contribution in [3.05, 3.63) is 62.3 Å². The second-order valence-corrected chi connectivity index (χ2v) is 9.16. The van der Waals surface area contributed by atoms with E-state index in [0.717, 1.165) is 70.8 Å². The van der Waals surface area contributed by atoms with E-state index in [1.165, 1.54) is 10.5 Å². The smallest absolute Gasteiger partial charge is 0.261 e. The lowest BCUT2D eigenvalue weighted by Gasteiger charge is -2.32. The molecule has 0 spiro atoms. The van der Waals surface area contributed by atoms with E-state index in [-0.39, 0.29) is 11.5 Å². The average molecular weight is 424 g/mol. The van der Waals surface area contributed by atoms with Gasteiger partial charge < -0.3 is 9.80 Å². The van der Waals surface area contributed by atoms with Gasteiger partial charge in [-0.3, -0.25) is 14.2 Å². The number of rotatable bonds is 3. The minimum Gasteiger partial charge on any atom is -0.328 e. The molecule has 4 heterocycles. The Labute approximate surface area is 179 Å². The summed E-state index contributed by atoms with van der Waals surface area (Å²) >= 11 is 1.73. The lowest BCUT2D eigenvalue weighted by molar-refractivity contribution is -0.917. The number of aryl methyl sites for hydroxylation is 1. The summed E-state index contributed by atoms with van der Waals surface area (Å²) in [5, 5.41) is 4.94. The van der Waals surface area contributed by atoms with Crippen LogP contribution < -0.4 is 10.5 Å². The van der Waals surface area contributed by atoms with Crippen molar-refractivity contribution >= 4 is 28.1 Å². The number of carbonyl (C=O) groups excluding carboxylic acids is 1. The monoisotopic (exact) mass is 423 g/mol. The quantitative estimate of drug-likeness (QED) is 0.698. The first-order chi connectivity index (χ1) is 14.7. The molecule has 1 fully saturated rings. The van der Waals surface area contributed by atoms with Crippen molar-refractivity contribution in [2.45, 2.75) is 38.8 Å². The maximum atomic E-state index is 13.1. The molecule has 0 radical (unpaired) electrons. The molecule has 0 unspecified atom stereocenters. The van der Waals surface area contributed by atoms with E-state index in [2.05, 4.69) is 16.8 Å².